The predicted octanol–water partition coefficient (Wildman–Crippen LogP) is 0.534. The average Bonchev–Trinajstić information content (AvgIpc) is 2.70. The molecule has 0 spiro atoms. The van der Waals surface area contributed by atoms with Crippen LogP contribution in [0.25, 0.3) is 0 Å². The van der Waals surface area contributed by atoms with Crippen LogP contribution in [0.5, 0.6) is 5.75 Å². The van der Waals surface area contributed by atoms with E-state index in [-0.39, 0.29) is 23.9 Å². The lowest BCUT2D eigenvalue weighted by Crippen LogP contribution is -2.28. The van der Waals surface area contributed by atoms with E-state index in [2.05, 4.69) is 9.46 Å². The molecule has 0 saturated carbocycles. The van der Waals surface area contributed by atoms with Gasteiger partial charge in [0.05, 0.1) is 18.1 Å². The Morgan fingerprint density at radius 1 is 1.18 bits per heavy atom. The van der Waals surface area contributed by atoms with Crippen molar-refractivity contribution in [2.24, 2.45) is 5.73 Å². The number of aliphatic hydroxyl groups is 1. The highest BCUT2D eigenvalue weighted by molar-refractivity contribution is 7.89. The van der Waals surface area contributed by atoms with E-state index in [0.717, 1.165) is 0 Å². The summed E-state index contributed by atoms with van der Waals surface area (Å²) in [5.41, 5.74) is 6.22. The summed E-state index contributed by atoms with van der Waals surface area (Å²) in [6, 6.07) is 11.8. The van der Waals surface area contributed by atoms with Crippen molar-refractivity contribution in [3.63, 3.8) is 0 Å². The molecule has 150 valence electrons. The first kappa shape index (κ1) is 21.4. The van der Waals surface area contributed by atoms with Gasteiger partial charge in [-0.25, -0.2) is 17.9 Å². The third-order valence-electron chi connectivity index (χ3n) is 3.79. The number of methoxy groups -OCH3 is 1. The predicted molar refractivity (Wildman–Crippen MR) is 102 cm³/mol. The van der Waals surface area contributed by atoms with Gasteiger partial charge in [0.1, 0.15) is 11.6 Å². The average molecular weight is 407 g/mol. The fraction of sp³-hybridized carbons (Fsp3) is 0.222. The van der Waals surface area contributed by atoms with E-state index in [0.29, 0.717) is 16.9 Å². The minimum Gasteiger partial charge on any atom is -0.482 e. The number of rotatable bonds is 9. The fourth-order valence-electron chi connectivity index (χ4n) is 2.19. The first-order valence-electron chi connectivity index (χ1n) is 8.14. The van der Waals surface area contributed by atoms with Crippen molar-refractivity contribution in [1.82, 2.24) is 4.72 Å². The Morgan fingerprint density at radius 2 is 1.79 bits per heavy atom. The van der Waals surface area contributed by atoms with Crippen molar-refractivity contribution in [2.75, 3.05) is 20.3 Å². The number of sulfonamides is 1. The van der Waals surface area contributed by atoms with E-state index >= 15 is 0 Å². The molecule has 0 heterocycles. The quantitative estimate of drug-likeness (QED) is 0.269. The molecular formula is C18H21N3O6S. The molecule has 0 bridgehead atoms. The molecule has 28 heavy (non-hydrogen) atoms. The lowest BCUT2D eigenvalue weighted by molar-refractivity contribution is -0.142. The van der Waals surface area contributed by atoms with Gasteiger partial charge in [-0.15, -0.1) is 0 Å². The molecule has 0 saturated heterocycles. The van der Waals surface area contributed by atoms with E-state index in [1.54, 1.807) is 24.3 Å². The molecule has 1 unspecified atom stereocenters. The molecule has 0 aliphatic carbocycles. The Balaban J connectivity index is 1.95. The van der Waals surface area contributed by atoms with Crippen LogP contribution in [0.15, 0.2) is 53.4 Å². The molecule has 0 radical (unpaired) electrons. The van der Waals surface area contributed by atoms with Crippen molar-refractivity contribution in [3.05, 3.63) is 59.7 Å². The Bertz CT molecular complexity index is 927. The number of esters is 1. The van der Waals surface area contributed by atoms with Gasteiger partial charge in [-0.05, 0) is 42.0 Å². The van der Waals surface area contributed by atoms with Gasteiger partial charge in [0, 0.05) is 12.1 Å². The van der Waals surface area contributed by atoms with Crippen molar-refractivity contribution in [3.8, 4) is 5.75 Å². The highest BCUT2D eigenvalue weighted by Gasteiger charge is 2.17. The number of nitrogens with one attached hydrogen (secondary N) is 2. The van der Waals surface area contributed by atoms with Crippen LogP contribution in [0.1, 0.15) is 17.2 Å². The van der Waals surface area contributed by atoms with Gasteiger partial charge in [-0.3, -0.25) is 5.41 Å². The number of amidine groups is 1. The number of hydrogen-bond donors (Lipinski definition) is 4. The Labute approximate surface area is 162 Å². The van der Waals surface area contributed by atoms with Crippen molar-refractivity contribution in [1.29, 1.82) is 5.41 Å². The van der Waals surface area contributed by atoms with Crippen molar-refractivity contribution >= 4 is 21.8 Å². The molecule has 2 aromatic rings. The number of hydrogen-bond acceptors (Lipinski definition) is 7. The van der Waals surface area contributed by atoms with Gasteiger partial charge in [-0.2, -0.15) is 0 Å². The molecular weight excluding hydrogens is 386 g/mol. The highest BCUT2D eigenvalue weighted by atomic mass is 32.2. The number of carbonyl (C=O) groups excluding carboxylic acids is 1. The molecule has 0 aromatic heterocycles. The van der Waals surface area contributed by atoms with Crippen LogP contribution in [0.2, 0.25) is 0 Å². The second-order valence-electron chi connectivity index (χ2n) is 5.74. The molecule has 0 aliphatic rings. The van der Waals surface area contributed by atoms with Crippen molar-refractivity contribution < 1.29 is 27.8 Å². The van der Waals surface area contributed by atoms with Crippen LogP contribution in [0, 0.1) is 5.41 Å². The minimum absolute atomic E-state index is 0.00346. The summed E-state index contributed by atoms with van der Waals surface area (Å²) in [4.78, 5) is 11.0. The van der Waals surface area contributed by atoms with Gasteiger partial charge in [0.2, 0.25) is 10.0 Å². The number of carbonyl (C=O) groups is 1. The zero-order chi connectivity index (χ0) is 20.7. The fourth-order valence-corrected chi connectivity index (χ4v) is 3.23. The summed E-state index contributed by atoms with van der Waals surface area (Å²) in [6.07, 6.45) is -1.08. The van der Waals surface area contributed by atoms with E-state index in [4.69, 9.17) is 15.9 Å². The molecule has 2 rings (SSSR count). The summed E-state index contributed by atoms with van der Waals surface area (Å²) in [6.45, 7) is -0.472. The number of aliphatic hydroxyl groups excluding tert-OH is 1. The SMILES string of the molecule is COC(=O)COc1ccc(C(O)CNS(=O)(=O)c2ccc(C(=N)N)cc2)cc1. The molecule has 1 atom stereocenters. The number of benzene rings is 2. The number of ether oxygens (including phenoxy) is 2. The lowest BCUT2D eigenvalue weighted by atomic mass is 10.1. The number of nitrogens with two attached hydrogens (primary N) is 1. The standard InChI is InChI=1S/C18H21N3O6S/c1-26-17(23)11-27-14-6-2-12(3-7-14)16(22)10-21-28(24,25)15-8-4-13(5-9-15)18(19)20/h2-9,16,21-22H,10-11H2,1H3,(H3,19,20). The maximum atomic E-state index is 12.3. The van der Waals surface area contributed by atoms with Crippen molar-refractivity contribution in [2.45, 2.75) is 11.0 Å². The molecule has 0 aliphatic heterocycles. The van der Waals surface area contributed by atoms with E-state index in [9.17, 15) is 18.3 Å². The Hall–Kier alpha value is -2.95. The zero-order valence-corrected chi connectivity index (χ0v) is 15.9. The van der Waals surface area contributed by atoms with Crippen LogP contribution < -0.4 is 15.2 Å². The van der Waals surface area contributed by atoms with E-state index < -0.39 is 22.1 Å². The van der Waals surface area contributed by atoms with E-state index in [1.165, 1.54) is 31.4 Å². The monoisotopic (exact) mass is 407 g/mol. The summed E-state index contributed by atoms with van der Waals surface area (Å²) < 4.78 is 36.6. The Kier molecular flexibility index (Phi) is 7.10. The van der Waals surface area contributed by atoms with Crippen LogP contribution in [0.3, 0.4) is 0 Å². The minimum atomic E-state index is -3.83. The van der Waals surface area contributed by atoms with Gasteiger partial charge >= 0.3 is 5.97 Å². The summed E-state index contributed by atoms with van der Waals surface area (Å²) in [5, 5.41) is 17.5. The lowest BCUT2D eigenvalue weighted by Gasteiger charge is -2.13. The van der Waals surface area contributed by atoms with Crippen LogP contribution >= 0.6 is 0 Å². The number of nitrogen functional groups attached to an aromatic ring is 1. The highest BCUT2D eigenvalue weighted by Crippen LogP contribution is 2.18. The molecule has 2 aromatic carbocycles. The molecule has 9 nitrogen and oxygen atoms in total. The smallest absolute Gasteiger partial charge is 0.343 e. The molecule has 0 amide bonds. The second kappa shape index (κ2) is 9.31. The van der Waals surface area contributed by atoms with Gasteiger partial charge in [-0.1, -0.05) is 12.1 Å². The molecule has 5 N–H and O–H groups in total. The maximum Gasteiger partial charge on any atom is 0.343 e. The normalized spacial score (nSPS) is 12.2. The third kappa shape index (κ3) is 5.78. The topological polar surface area (TPSA) is 152 Å². The van der Waals surface area contributed by atoms with Crippen LogP contribution in [-0.4, -0.2) is 45.6 Å². The maximum absolute atomic E-state index is 12.3. The first-order chi connectivity index (χ1) is 13.2. The van der Waals surface area contributed by atoms with Crippen LogP contribution in [0.4, 0.5) is 0 Å². The van der Waals surface area contributed by atoms with Gasteiger partial charge < -0.3 is 20.3 Å². The first-order valence-corrected chi connectivity index (χ1v) is 9.63. The summed E-state index contributed by atoms with van der Waals surface area (Å²) in [7, 11) is -2.58. The van der Waals surface area contributed by atoms with Gasteiger partial charge in [0.15, 0.2) is 6.61 Å². The largest absolute Gasteiger partial charge is 0.482 e. The third-order valence-corrected chi connectivity index (χ3v) is 5.23. The molecule has 0 fully saturated rings. The second-order valence-corrected chi connectivity index (χ2v) is 7.51. The zero-order valence-electron chi connectivity index (χ0n) is 15.1. The molecule has 10 heteroatoms. The van der Waals surface area contributed by atoms with Gasteiger partial charge in [0.25, 0.3) is 0 Å². The summed E-state index contributed by atoms with van der Waals surface area (Å²) in [5.74, 6) is -0.270. The van der Waals surface area contributed by atoms with Crippen LogP contribution in [-0.2, 0) is 19.6 Å². The summed E-state index contributed by atoms with van der Waals surface area (Å²) >= 11 is 0. The Morgan fingerprint density at radius 3 is 2.32 bits per heavy atom. The van der Waals surface area contributed by atoms with E-state index in [1.807, 2.05) is 0 Å².